The molecule has 3 N–H and O–H groups in total. The van der Waals surface area contributed by atoms with Crippen molar-refractivity contribution in [1.82, 2.24) is 19.7 Å². The number of nitrogens with zero attached hydrogens (tertiary/aromatic N) is 3. The van der Waals surface area contributed by atoms with E-state index in [0.29, 0.717) is 17.4 Å². The van der Waals surface area contributed by atoms with E-state index in [0.717, 1.165) is 22.2 Å². The van der Waals surface area contributed by atoms with Crippen molar-refractivity contribution in [3.63, 3.8) is 0 Å². The van der Waals surface area contributed by atoms with Gasteiger partial charge in [0.1, 0.15) is 0 Å². The number of pyridine rings is 1. The minimum atomic E-state index is -0.183. The number of hydrogen-bond acceptors (Lipinski definition) is 5. The Balaban J connectivity index is 2.07. The molecule has 7 heteroatoms. The summed E-state index contributed by atoms with van der Waals surface area (Å²) in [6, 6.07) is 7.59. The average molecular weight is 301 g/mol. The summed E-state index contributed by atoms with van der Waals surface area (Å²) in [5, 5.41) is 8.20. The molecule has 0 saturated carbocycles. The van der Waals surface area contributed by atoms with Crippen molar-refractivity contribution in [1.29, 1.82) is 0 Å². The molecular formula is C14H15N5OS. The van der Waals surface area contributed by atoms with Crippen molar-refractivity contribution < 1.29 is 0 Å². The van der Waals surface area contributed by atoms with Crippen molar-refractivity contribution in [3.8, 4) is 0 Å². The van der Waals surface area contributed by atoms with Crippen LogP contribution in [0.2, 0.25) is 0 Å². The molecule has 0 spiro atoms. The number of benzene rings is 1. The second kappa shape index (κ2) is 5.61. The Morgan fingerprint density at radius 1 is 1.38 bits per heavy atom. The number of nitrogen functional groups attached to an aromatic ring is 1. The number of rotatable bonds is 4. The Morgan fingerprint density at radius 2 is 2.24 bits per heavy atom. The van der Waals surface area contributed by atoms with E-state index in [9.17, 15) is 4.79 Å². The topological polar surface area (TPSA) is 89.6 Å². The molecule has 0 atom stereocenters. The average Bonchev–Trinajstić information content (AvgIpc) is 2.82. The fourth-order valence-corrected chi connectivity index (χ4v) is 3.14. The third kappa shape index (κ3) is 2.52. The number of aromatic amines is 1. The van der Waals surface area contributed by atoms with Gasteiger partial charge in [-0.25, -0.2) is 9.89 Å². The molecule has 0 amide bonds. The molecule has 2 aromatic heterocycles. The maximum absolute atomic E-state index is 11.7. The van der Waals surface area contributed by atoms with Gasteiger partial charge in [0.05, 0.1) is 11.2 Å². The minimum absolute atomic E-state index is 0.183. The van der Waals surface area contributed by atoms with Crippen LogP contribution < -0.4 is 11.4 Å². The number of para-hydroxylation sites is 1. The quantitative estimate of drug-likeness (QED) is 0.721. The number of anilines is 1. The highest BCUT2D eigenvalue weighted by Crippen LogP contribution is 2.32. The molecule has 108 valence electrons. The fraction of sp³-hybridized carbons (Fsp3) is 0.214. The van der Waals surface area contributed by atoms with Crippen LogP contribution in [-0.2, 0) is 6.54 Å². The number of nitrogens with one attached hydrogen (secondary N) is 1. The van der Waals surface area contributed by atoms with Crippen molar-refractivity contribution in [3.05, 3.63) is 40.9 Å². The van der Waals surface area contributed by atoms with E-state index >= 15 is 0 Å². The van der Waals surface area contributed by atoms with E-state index in [4.69, 9.17) is 5.73 Å². The molecule has 0 aliphatic carbocycles. The Bertz CT molecular complexity index is 839. The van der Waals surface area contributed by atoms with Crippen LogP contribution in [0.4, 0.5) is 5.69 Å². The normalized spacial score (nSPS) is 11.1. The molecule has 0 unspecified atom stereocenters. The highest BCUT2D eigenvalue weighted by Gasteiger charge is 2.12. The predicted molar refractivity (Wildman–Crippen MR) is 83.4 cm³/mol. The maximum atomic E-state index is 11.7. The van der Waals surface area contributed by atoms with Crippen LogP contribution in [0.1, 0.15) is 13.3 Å². The van der Waals surface area contributed by atoms with Gasteiger partial charge in [-0.15, -0.1) is 5.10 Å². The number of H-pyrrole nitrogens is 1. The summed E-state index contributed by atoms with van der Waals surface area (Å²) in [7, 11) is 0. The van der Waals surface area contributed by atoms with E-state index in [-0.39, 0.29) is 5.69 Å². The molecule has 3 aromatic rings. The van der Waals surface area contributed by atoms with Crippen LogP contribution >= 0.6 is 11.8 Å². The summed E-state index contributed by atoms with van der Waals surface area (Å²) >= 11 is 1.44. The largest absolute Gasteiger partial charge is 0.397 e. The van der Waals surface area contributed by atoms with E-state index in [1.807, 2.05) is 31.2 Å². The van der Waals surface area contributed by atoms with Crippen molar-refractivity contribution in [2.45, 2.75) is 29.9 Å². The molecule has 0 saturated heterocycles. The van der Waals surface area contributed by atoms with Crippen LogP contribution in [0.5, 0.6) is 0 Å². The smallest absolute Gasteiger partial charge is 0.343 e. The zero-order valence-electron chi connectivity index (χ0n) is 11.5. The molecule has 3 rings (SSSR count). The zero-order valence-corrected chi connectivity index (χ0v) is 12.4. The number of hydrogen-bond donors (Lipinski definition) is 2. The molecule has 21 heavy (non-hydrogen) atoms. The van der Waals surface area contributed by atoms with Gasteiger partial charge in [0.15, 0.2) is 5.16 Å². The predicted octanol–water partition coefficient (Wildman–Crippen LogP) is 2.26. The lowest BCUT2D eigenvalue weighted by Gasteiger charge is -2.07. The highest BCUT2D eigenvalue weighted by molar-refractivity contribution is 7.99. The van der Waals surface area contributed by atoms with Crippen LogP contribution in [0.15, 0.2) is 45.3 Å². The van der Waals surface area contributed by atoms with E-state index in [1.54, 1.807) is 10.8 Å². The number of fused-ring (bicyclic) bond motifs is 1. The van der Waals surface area contributed by atoms with Gasteiger partial charge in [0.25, 0.3) is 0 Å². The van der Waals surface area contributed by atoms with E-state index < -0.39 is 0 Å². The van der Waals surface area contributed by atoms with Gasteiger partial charge in [0, 0.05) is 23.0 Å². The van der Waals surface area contributed by atoms with Gasteiger partial charge < -0.3 is 5.73 Å². The first-order valence-electron chi connectivity index (χ1n) is 6.67. The van der Waals surface area contributed by atoms with E-state index in [2.05, 4.69) is 15.2 Å². The lowest BCUT2D eigenvalue weighted by molar-refractivity contribution is 0.604. The van der Waals surface area contributed by atoms with E-state index in [1.165, 1.54) is 11.8 Å². The molecule has 6 nitrogen and oxygen atoms in total. The standard InChI is InChI=1S/C14H15N5OS/c1-2-8-19-13(20)17-18-14(19)21-11-6-7-16-12-9(11)4-3-5-10(12)15/h3-7H,2,8,15H2,1H3,(H,17,20). The lowest BCUT2D eigenvalue weighted by Crippen LogP contribution is -2.17. The lowest BCUT2D eigenvalue weighted by atomic mass is 10.2. The van der Waals surface area contributed by atoms with Gasteiger partial charge >= 0.3 is 5.69 Å². The molecule has 0 bridgehead atoms. The molecule has 1 aromatic carbocycles. The van der Waals surface area contributed by atoms with Gasteiger partial charge in [-0.05, 0) is 30.3 Å². The third-order valence-electron chi connectivity index (χ3n) is 3.13. The van der Waals surface area contributed by atoms with Gasteiger partial charge in [-0.1, -0.05) is 19.1 Å². The number of nitrogens with two attached hydrogens (primary N) is 1. The van der Waals surface area contributed by atoms with Crippen molar-refractivity contribution in [2.24, 2.45) is 0 Å². The second-order valence-electron chi connectivity index (χ2n) is 4.62. The minimum Gasteiger partial charge on any atom is -0.397 e. The summed E-state index contributed by atoms with van der Waals surface area (Å²) in [6.07, 6.45) is 2.59. The summed E-state index contributed by atoms with van der Waals surface area (Å²) in [4.78, 5) is 17.0. The Hall–Kier alpha value is -2.28. The zero-order chi connectivity index (χ0) is 14.8. The van der Waals surface area contributed by atoms with Crippen molar-refractivity contribution >= 4 is 28.4 Å². The highest BCUT2D eigenvalue weighted by atomic mass is 32.2. The van der Waals surface area contributed by atoms with Gasteiger partial charge in [-0.3, -0.25) is 9.55 Å². The van der Waals surface area contributed by atoms with Gasteiger partial charge in [0.2, 0.25) is 0 Å². The Labute approximate surface area is 125 Å². The molecule has 0 fully saturated rings. The molecule has 0 aliphatic rings. The summed E-state index contributed by atoms with van der Waals surface area (Å²) < 4.78 is 1.64. The fourth-order valence-electron chi connectivity index (χ4n) is 2.16. The first-order chi connectivity index (χ1) is 10.2. The maximum Gasteiger partial charge on any atom is 0.343 e. The summed E-state index contributed by atoms with van der Waals surface area (Å²) in [6.45, 7) is 2.67. The first kappa shape index (κ1) is 13.7. The van der Waals surface area contributed by atoms with Crippen LogP contribution in [0, 0.1) is 0 Å². The summed E-state index contributed by atoms with van der Waals surface area (Å²) in [5.41, 5.74) is 7.18. The Morgan fingerprint density at radius 3 is 3.05 bits per heavy atom. The second-order valence-corrected chi connectivity index (χ2v) is 5.63. The SMILES string of the molecule is CCCn1c(Sc2ccnc3c(N)cccc23)n[nH]c1=O. The molecular weight excluding hydrogens is 286 g/mol. The van der Waals surface area contributed by atoms with Crippen LogP contribution in [0.25, 0.3) is 10.9 Å². The molecule has 0 radical (unpaired) electrons. The third-order valence-corrected chi connectivity index (χ3v) is 4.20. The van der Waals surface area contributed by atoms with Crippen molar-refractivity contribution in [2.75, 3.05) is 5.73 Å². The van der Waals surface area contributed by atoms with Crippen LogP contribution in [0.3, 0.4) is 0 Å². The monoisotopic (exact) mass is 301 g/mol. The molecule has 2 heterocycles. The first-order valence-corrected chi connectivity index (χ1v) is 7.48. The Kier molecular flexibility index (Phi) is 3.66. The summed E-state index contributed by atoms with van der Waals surface area (Å²) in [5.74, 6) is 0. The van der Waals surface area contributed by atoms with Gasteiger partial charge in [-0.2, -0.15) is 0 Å². The number of aromatic nitrogens is 4. The molecule has 0 aliphatic heterocycles. The van der Waals surface area contributed by atoms with Crippen LogP contribution in [-0.4, -0.2) is 19.7 Å².